The Balaban J connectivity index is 1.40. The van der Waals surface area contributed by atoms with E-state index < -0.39 is 5.38 Å². The first-order valence-electron chi connectivity index (χ1n) is 9.25. The predicted octanol–water partition coefficient (Wildman–Crippen LogP) is 6.18. The summed E-state index contributed by atoms with van der Waals surface area (Å²) in [7, 11) is 0. The monoisotopic (exact) mass is 491 g/mol. The van der Waals surface area contributed by atoms with Gasteiger partial charge in [-0.3, -0.25) is 10.2 Å². The van der Waals surface area contributed by atoms with Crippen LogP contribution in [0, 0.1) is 0 Å². The van der Waals surface area contributed by atoms with E-state index in [1.807, 2.05) is 30.3 Å². The third-order valence-electron chi connectivity index (χ3n) is 4.62. The number of alkyl halides is 1. The summed E-state index contributed by atoms with van der Waals surface area (Å²) in [5.41, 5.74) is 4.46. The number of anilines is 1. The first kappa shape index (κ1) is 21.7. The zero-order chi connectivity index (χ0) is 22.0. The lowest BCUT2D eigenvalue weighted by molar-refractivity contribution is -0.148. The predicted molar refractivity (Wildman–Crippen MR) is 128 cm³/mol. The lowest BCUT2D eigenvalue weighted by Crippen LogP contribution is -2.63. The second kappa shape index (κ2) is 9.32. The van der Waals surface area contributed by atoms with Gasteiger partial charge in [0.1, 0.15) is 22.9 Å². The van der Waals surface area contributed by atoms with E-state index in [4.69, 9.17) is 51.8 Å². The lowest BCUT2D eigenvalue weighted by Gasteiger charge is -2.44. The average molecular weight is 493 g/mol. The largest absolute Gasteiger partial charge is 0.456 e. The van der Waals surface area contributed by atoms with Gasteiger partial charge in [-0.25, -0.2) is 5.01 Å². The number of nitrogens with one attached hydrogen (secondary N) is 2. The third-order valence-corrected chi connectivity index (χ3v) is 5.79. The summed E-state index contributed by atoms with van der Waals surface area (Å²) in [6, 6.07) is 21.3. The van der Waals surface area contributed by atoms with Crippen molar-refractivity contribution in [2.24, 2.45) is 0 Å². The molecule has 158 valence electrons. The summed E-state index contributed by atoms with van der Waals surface area (Å²) in [5, 5.41) is 5.04. The minimum atomic E-state index is -0.642. The summed E-state index contributed by atoms with van der Waals surface area (Å²) >= 11 is 23.8. The van der Waals surface area contributed by atoms with Crippen molar-refractivity contribution >= 4 is 63.7 Å². The maximum absolute atomic E-state index is 12.2. The van der Waals surface area contributed by atoms with Gasteiger partial charge in [-0.1, -0.05) is 53.5 Å². The number of nitrogens with zero attached hydrogens (tertiary/aromatic N) is 1. The molecular formula is C22H16Cl3N3O2S. The number of hydrazine groups is 1. The molecule has 2 N–H and O–H groups in total. The van der Waals surface area contributed by atoms with Crippen molar-refractivity contribution in [1.82, 2.24) is 10.4 Å². The molecule has 31 heavy (non-hydrogen) atoms. The lowest BCUT2D eigenvalue weighted by atomic mass is 9.95. The highest BCUT2D eigenvalue weighted by Gasteiger charge is 2.47. The quantitative estimate of drug-likeness (QED) is 0.253. The van der Waals surface area contributed by atoms with Crippen molar-refractivity contribution in [1.29, 1.82) is 0 Å². The van der Waals surface area contributed by atoms with Crippen LogP contribution in [-0.2, 0) is 4.79 Å². The third kappa shape index (κ3) is 4.88. The topological polar surface area (TPSA) is 53.6 Å². The molecular weight excluding hydrogens is 477 g/mol. The summed E-state index contributed by atoms with van der Waals surface area (Å²) in [6.07, 6.45) is 0. The van der Waals surface area contributed by atoms with Gasteiger partial charge < -0.3 is 10.1 Å². The number of ether oxygens (including phenoxy) is 1. The van der Waals surface area contributed by atoms with Crippen LogP contribution in [0.15, 0.2) is 72.8 Å². The Morgan fingerprint density at radius 1 is 1.00 bits per heavy atom. The Labute approximate surface area is 199 Å². The number of benzene rings is 3. The minimum absolute atomic E-state index is 0.236. The number of carbonyl (C=O) groups excluding carboxylic acids is 1. The van der Waals surface area contributed by atoms with Gasteiger partial charge in [-0.15, -0.1) is 11.6 Å². The van der Waals surface area contributed by atoms with Crippen LogP contribution in [-0.4, -0.2) is 21.4 Å². The Morgan fingerprint density at radius 2 is 1.71 bits per heavy atom. The molecule has 5 nitrogen and oxygen atoms in total. The molecule has 0 bridgehead atoms. The van der Waals surface area contributed by atoms with Crippen LogP contribution in [0.25, 0.3) is 0 Å². The molecule has 3 aromatic carbocycles. The van der Waals surface area contributed by atoms with Crippen LogP contribution in [0.3, 0.4) is 0 Å². The molecule has 1 amide bonds. The average Bonchev–Trinajstić information content (AvgIpc) is 2.77. The van der Waals surface area contributed by atoms with Crippen LogP contribution in [0.2, 0.25) is 10.0 Å². The van der Waals surface area contributed by atoms with E-state index in [0.717, 1.165) is 5.56 Å². The zero-order valence-corrected chi connectivity index (χ0v) is 19.0. The Kier molecular flexibility index (Phi) is 6.53. The molecule has 0 aliphatic carbocycles. The number of hydrogen-bond donors (Lipinski definition) is 2. The van der Waals surface area contributed by atoms with Crippen LogP contribution in [0.1, 0.15) is 11.6 Å². The summed E-state index contributed by atoms with van der Waals surface area (Å²) in [4.78, 5) is 12.2. The second-order valence-corrected chi connectivity index (χ2v) is 8.45. The van der Waals surface area contributed by atoms with E-state index in [0.29, 0.717) is 27.2 Å². The van der Waals surface area contributed by atoms with Gasteiger partial charge >= 0.3 is 0 Å². The van der Waals surface area contributed by atoms with E-state index in [2.05, 4.69) is 10.7 Å². The molecule has 1 saturated heterocycles. The fourth-order valence-corrected chi connectivity index (χ4v) is 4.03. The number of thiocarbonyl (C=S) groups is 1. The highest BCUT2D eigenvalue weighted by molar-refractivity contribution is 7.80. The molecule has 0 spiro atoms. The molecule has 1 fully saturated rings. The van der Waals surface area contributed by atoms with Crippen molar-refractivity contribution in [3.63, 3.8) is 0 Å². The van der Waals surface area contributed by atoms with Gasteiger partial charge in [-0.2, -0.15) is 0 Å². The maximum atomic E-state index is 12.2. The molecule has 0 unspecified atom stereocenters. The zero-order valence-electron chi connectivity index (χ0n) is 15.9. The first-order chi connectivity index (χ1) is 14.9. The molecule has 1 aliphatic heterocycles. The molecule has 1 aliphatic rings. The van der Waals surface area contributed by atoms with Gasteiger partial charge in [0.05, 0.1) is 5.02 Å². The van der Waals surface area contributed by atoms with E-state index in [9.17, 15) is 4.79 Å². The molecule has 0 saturated carbocycles. The van der Waals surface area contributed by atoms with Crippen molar-refractivity contribution < 1.29 is 9.53 Å². The number of hydrogen-bond acceptors (Lipinski definition) is 3. The van der Waals surface area contributed by atoms with Crippen LogP contribution in [0.5, 0.6) is 11.5 Å². The minimum Gasteiger partial charge on any atom is -0.456 e. The van der Waals surface area contributed by atoms with E-state index >= 15 is 0 Å². The van der Waals surface area contributed by atoms with Gasteiger partial charge in [0.15, 0.2) is 5.11 Å². The van der Waals surface area contributed by atoms with Gasteiger partial charge in [0.2, 0.25) is 0 Å². The summed E-state index contributed by atoms with van der Waals surface area (Å²) < 4.78 is 5.77. The summed E-state index contributed by atoms with van der Waals surface area (Å²) in [6.45, 7) is 0. The van der Waals surface area contributed by atoms with Crippen molar-refractivity contribution in [3.05, 3.63) is 88.4 Å². The van der Waals surface area contributed by atoms with Gasteiger partial charge in [0, 0.05) is 10.7 Å². The molecule has 9 heteroatoms. The van der Waals surface area contributed by atoms with Crippen LogP contribution >= 0.6 is 47.0 Å². The van der Waals surface area contributed by atoms with Crippen molar-refractivity contribution in [2.75, 3.05) is 5.32 Å². The Hall–Kier alpha value is -2.51. The number of amides is 1. The van der Waals surface area contributed by atoms with Crippen molar-refractivity contribution in [3.8, 4) is 11.5 Å². The normalized spacial score (nSPS) is 17.6. The standard InChI is InChI=1S/C22H16Cl3N3O2S/c23-14-6-9-16(10-7-14)30-18-11-8-15(12-17(18)24)26-22(31)27-28-20(19(25)21(28)29)13-4-2-1-3-5-13/h1-12,19-20H,(H2,26,27,31)/t19-,20+/m1/s1. The van der Waals surface area contributed by atoms with E-state index in [1.165, 1.54) is 5.01 Å². The SMILES string of the molecule is O=C1[C@H](Cl)[C@H](c2ccccc2)N1NC(=S)Nc1ccc(Oc2ccc(Cl)cc2)c(Cl)c1. The number of halogens is 3. The smallest absolute Gasteiger partial charge is 0.262 e. The van der Waals surface area contributed by atoms with E-state index in [-0.39, 0.29) is 17.1 Å². The maximum Gasteiger partial charge on any atom is 0.262 e. The number of rotatable bonds is 5. The second-order valence-electron chi connectivity index (χ2n) is 6.73. The fourth-order valence-electron chi connectivity index (χ4n) is 3.11. The Morgan fingerprint density at radius 3 is 2.39 bits per heavy atom. The molecule has 0 radical (unpaired) electrons. The van der Waals surface area contributed by atoms with Crippen LogP contribution < -0.4 is 15.5 Å². The molecule has 0 aromatic heterocycles. The van der Waals surface area contributed by atoms with E-state index in [1.54, 1.807) is 42.5 Å². The number of β-lactam (4-membered cyclic amide) rings is 1. The molecule has 3 aromatic rings. The molecule has 1 heterocycles. The highest BCUT2D eigenvalue weighted by Crippen LogP contribution is 2.37. The van der Waals surface area contributed by atoms with Crippen LogP contribution in [0.4, 0.5) is 5.69 Å². The van der Waals surface area contributed by atoms with Crippen molar-refractivity contribution in [2.45, 2.75) is 11.4 Å². The number of carbonyl (C=O) groups is 1. The Bertz CT molecular complexity index is 1110. The highest BCUT2D eigenvalue weighted by atomic mass is 35.5. The summed E-state index contributed by atoms with van der Waals surface area (Å²) in [5.74, 6) is 0.855. The van der Waals surface area contributed by atoms with Gasteiger partial charge in [-0.05, 0) is 60.2 Å². The fraction of sp³-hybridized carbons (Fsp3) is 0.0909. The van der Waals surface area contributed by atoms with Gasteiger partial charge in [0.25, 0.3) is 5.91 Å². The molecule has 2 atom stereocenters. The molecule has 4 rings (SSSR count). The first-order valence-corrected chi connectivity index (χ1v) is 10.8.